The molecule has 0 spiro atoms. The molecule has 0 aliphatic heterocycles. The summed E-state index contributed by atoms with van der Waals surface area (Å²) in [6.07, 6.45) is 48.4. The minimum absolute atomic E-state index is 0.107. The van der Waals surface area contributed by atoms with E-state index >= 15 is 0 Å². The van der Waals surface area contributed by atoms with Gasteiger partial charge < -0.3 is 33.8 Å². The topological polar surface area (TPSA) is 237 Å². The zero-order valence-corrected chi connectivity index (χ0v) is 58.6. The number of carbonyl (C=O) groups excluding carboxylic acids is 4. The van der Waals surface area contributed by atoms with Crippen LogP contribution < -0.4 is 0 Å². The minimum atomic E-state index is -4.95. The van der Waals surface area contributed by atoms with Crippen molar-refractivity contribution in [2.24, 2.45) is 5.92 Å². The van der Waals surface area contributed by atoms with Gasteiger partial charge in [-0.1, -0.05) is 304 Å². The van der Waals surface area contributed by atoms with Crippen LogP contribution in [0.15, 0.2) is 0 Å². The largest absolute Gasteiger partial charge is 0.472 e. The quantitative estimate of drug-likeness (QED) is 0.0222. The van der Waals surface area contributed by atoms with E-state index in [1.54, 1.807) is 0 Å². The molecule has 0 fully saturated rings. The van der Waals surface area contributed by atoms with Crippen molar-refractivity contribution < 1.29 is 80.2 Å². The molecule has 88 heavy (non-hydrogen) atoms. The minimum Gasteiger partial charge on any atom is -0.462 e. The highest BCUT2D eigenvalue weighted by Crippen LogP contribution is 2.45. The van der Waals surface area contributed by atoms with E-state index < -0.39 is 97.5 Å². The Morgan fingerprint density at radius 3 is 0.773 bits per heavy atom. The van der Waals surface area contributed by atoms with E-state index in [0.29, 0.717) is 25.7 Å². The fourth-order valence-electron chi connectivity index (χ4n) is 10.5. The average Bonchev–Trinajstić information content (AvgIpc) is 3.71. The van der Waals surface area contributed by atoms with Crippen molar-refractivity contribution in [3.63, 3.8) is 0 Å². The van der Waals surface area contributed by atoms with Gasteiger partial charge in [-0.15, -0.1) is 0 Å². The molecule has 17 nitrogen and oxygen atoms in total. The van der Waals surface area contributed by atoms with Gasteiger partial charge in [-0.2, -0.15) is 0 Å². The number of phosphoric ester groups is 2. The molecule has 0 heterocycles. The molecule has 0 aliphatic carbocycles. The average molecular weight is 1300 g/mol. The Labute approximate surface area is 537 Å². The van der Waals surface area contributed by atoms with Crippen molar-refractivity contribution in [1.29, 1.82) is 0 Å². The van der Waals surface area contributed by atoms with Gasteiger partial charge in [-0.25, -0.2) is 9.13 Å². The summed E-state index contributed by atoms with van der Waals surface area (Å²) < 4.78 is 68.2. The van der Waals surface area contributed by atoms with Gasteiger partial charge in [0.25, 0.3) is 0 Å². The molecule has 522 valence electrons. The molecule has 0 saturated heterocycles. The first-order valence-electron chi connectivity index (χ1n) is 36.1. The predicted molar refractivity (Wildman–Crippen MR) is 354 cm³/mol. The van der Waals surface area contributed by atoms with Crippen LogP contribution in [0.3, 0.4) is 0 Å². The summed E-state index contributed by atoms with van der Waals surface area (Å²) in [5, 5.41) is 10.6. The third-order valence-electron chi connectivity index (χ3n) is 16.0. The number of aliphatic hydroxyl groups is 1. The Bertz CT molecular complexity index is 1700. The molecular formula is C69H134O17P2. The Morgan fingerprint density at radius 2 is 0.523 bits per heavy atom. The maximum atomic E-state index is 13.0. The van der Waals surface area contributed by atoms with Crippen LogP contribution in [0.2, 0.25) is 0 Å². The second-order valence-electron chi connectivity index (χ2n) is 25.4. The smallest absolute Gasteiger partial charge is 0.462 e. The zero-order chi connectivity index (χ0) is 64.9. The van der Waals surface area contributed by atoms with Crippen LogP contribution in [0.5, 0.6) is 0 Å². The van der Waals surface area contributed by atoms with Crippen LogP contribution in [-0.2, 0) is 65.4 Å². The van der Waals surface area contributed by atoms with E-state index in [-0.39, 0.29) is 25.7 Å². The predicted octanol–water partition coefficient (Wildman–Crippen LogP) is 19.7. The van der Waals surface area contributed by atoms with Gasteiger partial charge in [0.15, 0.2) is 12.2 Å². The normalized spacial score (nSPS) is 14.1. The summed E-state index contributed by atoms with van der Waals surface area (Å²) in [5.41, 5.74) is 0. The highest BCUT2D eigenvalue weighted by molar-refractivity contribution is 7.47. The molecule has 0 bridgehead atoms. The third kappa shape index (κ3) is 62.8. The van der Waals surface area contributed by atoms with Crippen molar-refractivity contribution in [3.8, 4) is 0 Å². The summed E-state index contributed by atoms with van der Waals surface area (Å²) in [6.45, 7) is 7.23. The molecule has 5 atom stereocenters. The molecule has 0 aromatic rings. The number of carbonyl (C=O) groups is 4. The number of esters is 4. The fraction of sp³-hybridized carbons (Fsp3) is 0.942. The number of unbranched alkanes of at least 4 members (excludes halogenated alkanes) is 41. The van der Waals surface area contributed by atoms with Crippen LogP contribution in [0.1, 0.15) is 356 Å². The highest BCUT2D eigenvalue weighted by atomic mass is 31.2. The van der Waals surface area contributed by atoms with Gasteiger partial charge in [0.1, 0.15) is 19.3 Å². The van der Waals surface area contributed by atoms with Crippen LogP contribution >= 0.6 is 15.6 Å². The summed E-state index contributed by atoms with van der Waals surface area (Å²) in [5.74, 6) is -1.35. The molecule has 0 aromatic carbocycles. The maximum absolute atomic E-state index is 13.0. The number of phosphoric acid groups is 2. The van der Waals surface area contributed by atoms with E-state index in [0.717, 1.165) is 95.8 Å². The molecule has 0 aliphatic rings. The Balaban J connectivity index is 5.23. The number of hydrogen-bond acceptors (Lipinski definition) is 15. The lowest BCUT2D eigenvalue weighted by Gasteiger charge is -2.21. The number of ether oxygens (including phenoxy) is 4. The van der Waals surface area contributed by atoms with Crippen LogP contribution in [0.4, 0.5) is 0 Å². The first-order chi connectivity index (χ1) is 42.5. The van der Waals surface area contributed by atoms with E-state index in [9.17, 15) is 43.2 Å². The summed E-state index contributed by atoms with van der Waals surface area (Å²) in [7, 11) is -9.89. The van der Waals surface area contributed by atoms with Crippen molar-refractivity contribution in [3.05, 3.63) is 0 Å². The monoisotopic (exact) mass is 1300 g/mol. The van der Waals surface area contributed by atoms with E-state index in [1.807, 2.05) is 0 Å². The molecule has 0 radical (unpaired) electrons. The number of aliphatic hydroxyl groups excluding tert-OH is 1. The molecule has 2 unspecified atom stereocenters. The van der Waals surface area contributed by atoms with E-state index in [2.05, 4.69) is 34.6 Å². The Morgan fingerprint density at radius 1 is 0.307 bits per heavy atom. The standard InChI is InChI=1S/C69H134O17P2/c1-6-9-12-15-18-21-23-24-29-33-38-43-48-53-67(72)80-59-65(86-69(74)55-50-45-40-35-30-26-25-28-32-36-41-46-51-62(4)5)61-84-88(77,78)82-57-63(70)56-81-87(75,76)83-60-64(58-79-66(71)52-47-42-37-31-20-17-14-11-8-3)85-68(73)54-49-44-39-34-27-22-19-16-13-10-7-2/h62-65,70H,6-61H2,1-5H3,(H,75,76)(H,77,78)/t63-,64+,65+/m0/s1. The van der Waals surface area contributed by atoms with Gasteiger partial charge in [-0.3, -0.25) is 37.3 Å². The molecular weight excluding hydrogens is 1160 g/mol. The first-order valence-corrected chi connectivity index (χ1v) is 39.1. The van der Waals surface area contributed by atoms with E-state index in [4.69, 9.17) is 37.0 Å². The second kappa shape index (κ2) is 62.5. The van der Waals surface area contributed by atoms with Crippen molar-refractivity contribution in [1.82, 2.24) is 0 Å². The van der Waals surface area contributed by atoms with Crippen LogP contribution in [0.25, 0.3) is 0 Å². The van der Waals surface area contributed by atoms with Gasteiger partial charge >= 0.3 is 39.5 Å². The number of rotatable bonds is 69. The molecule has 19 heteroatoms. The molecule has 0 rings (SSSR count). The maximum Gasteiger partial charge on any atom is 0.472 e. The lowest BCUT2D eigenvalue weighted by molar-refractivity contribution is -0.161. The SMILES string of the molecule is CCCCCCCCCCCCCCCC(=O)OC[C@H](COP(=O)(O)OC[C@@H](O)COP(=O)(O)OC[C@@H](COC(=O)CCCCCCCCCCC)OC(=O)CCCCCCCCCCCCC)OC(=O)CCCCCCCCCCCCCCC(C)C. The van der Waals surface area contributed by atoms with Gasteiger partial charge in [0.05, 0.1) is 26.4 Å². The fourth-order valence-corrected chi connectivity index (χ4v) is 12.0. The first kappa shape index (κ1) is 86.1. The number of hydrogen-bond donors (Lipinski definition) is 3. The third-order valence-corrected chi connectivity index (χ3v) is 17.9. The van der Waals surface area contributed by atoms with Crippen molar-refractivity contribution in [2.75, 3.05) is 39.6 Å². The van der Waals surface area contributed by atoms with Crippen LogP contribution in [-0.4, -0.2) is 96.7 Å². The summed E-state index contributed by atoms with van der Waals surface area (Å²) >= 11 is 0. The molecule has 0 amide bonds. The highest BCUT2D eigenvalue weighted by Gasteiger charge is 2.30. The van der Waals surface area contributed by atoms with Crippen LogP contribution in [0, 0.1) is 5.92 Å². The lowest BCUT2D eigenvalue weighted by Crippen LogP contribution is -2.30. The second-order valence-corrected chi connectivity index (χ2v) is 28.3. The molecule has 0 saturated carbocycles. The van der Waals surface area contributed by atoms with E-state index in [1.165, 1.54) is 180 Å². The lowest BCUT2D eigenvalue weighted by atomic mass is 10.0. The molecule has 3 N–H and O–H groups in total. The van der Waals surface area contributed by atoms with Gasteiger partial charge in [0, 0.05) is 25.7 Å². The molecule has 0 aromatic heterocycles. The van der Waals surface area contributed by atoms with Crippen molar-refractivity contribution in [2.45, 2.75) is 374 Å². The Kier molecular flexibility index (Phi) is 61.1. The van der Waals surface area contributed by atoms with Gasteiger partial charge in [0.2, 0.25) is 0 Å². The Hall–Kier alpha value is -1.94. The zero-order valence-electron chi connectivity index (χ0n) is 56.9. The van der Waals surface area contributed by atoms with Crippen molar-refractivity contribution >= 4 is 39.5 Å². The summed E-state index contributed by atoms with van der Waals surface area (Å²) in [6, 6.07) is 0. The van der Waals surface area contributed by atoms with Gasteiger partial charge in [-0.05, 0) is 31.6 Å². The summed E-state index contributed by atoms with van der Waals surface area (Å²) in [4.78, 5) is 72.4.